The van der Waals surface area contributed by atoms with E-state index in [1.165, 1.54) is 6.07 Å². The maximum atomic E-state index is 12.4. The Hall–Kier alpha value is -0.960. The zero-order chi connectivity index (χ0) is 14.6. The number of pyridine rings is 1. The number of rotatable bonds is 5. The first-order valence-electron chi connectivity index (χ1n) is 5.03. The molecular weight excluding hydrogens is 308 g/mol. The quantitative estimate of drug-likeness (QED) is 0.572. The Bertz CT molecular complexity index is 444. The van der Waals surface area contributed by atoms with E-state index in [4.69, 9.17) is 34.2 Å². The summed E-state index contributed by atoms with van der Waals surface area (Å²) in [6, 6.07) is 1.22. The van der Waals surface area contributed by atoms with Crippen molar-refractivity contribution < 1.29 is 18.3 Å². The minimum absolute atomic E-state index is 0.00817. The summed E-state index contributed by atoms with van der Waals surface area (Å²) in [5, 5.41) is 8.83. The summed E-state index contributed by atoms with van der Waals surface area (Å²) in [6.07, 6.45) is -4.46. The van der Waals surface area contributed by atoms with Crippen molar-refractivity contribution in [3.8, 4) is 0 Å². The van der Waals surface area contributed by atoms with Gasteiger partial charge in [0.05, 0.1) is 16.7 Å². The Balaban J connectivity index is 3.14. The Morgan fingerprint density at radius 2 is 2.00 bits per heavy atom. The fourth-order valence-corrected chi connectivity index (χ4v) is 1.91. The maximum absolute atomic E-state index is 12.4. The number of nitrogens with one attached hydrogen (secondary N) is 1. The van der Waals surface area contributed by atoms with Gasteiger partial charge in [-0.1, -0.05) is 23.2 Å². The lowest BCUT2D eigenvalue weighted by Gasteiger charge is -2.25. The molecular formula is C9H11Cl2F3N4O. The minimum atomic E-state index is -4.46. The number of nitrogens with zero attached hydrogens (tertiary/aromatic N) is 2. The molecule has 4 N–H and O–H groups in total. The second kappa shape index (κ2) is 6.47. The van der Waals surface area contributed by atoms with E-state index in [1.807, 2.05) is 0 Å². The van der Waals surface area contributed by atoms with Crippen molar-refractivity contribution in [1.82, 2.24) is 4.98 Å². The van der Waals surface area contributed by atoms with Crippen LogP contribution < -0.4 is 16.2 Å². The third-order valence-electron chi connectivity index (χ3n) is 2.09. The van der Waals surface area contributed by atoms with Crippen LogP contribution in [-0.4, -0.2) is 36.0 Å². The van der Waals surface area contributed by atoms with Gasteiger partial charge < -0.3 is 15.4 Å². The van der Waals surface area contributed by atoms with Crippen molar-refractivity contribution in [3.05, 3.63) is 16.1 Å². The van der Waals surface area contributed by atoms with E-state index in [9.17, 15) is 13.2 Å². The van der Waals surface area contributed by atoms with Crippen molar-refractivity contribution in [1.29, 1.82) is 0 Å². The van der Waals surface area contributed by atoms with Crippen LogP contribution in [0.1, 0.15) is 0 Å². The number of hydrazine groups is 1. The molecule has 0 aliphatic carbocycles. The Kier molecular flexibility index (Phi) is 5.48. The third kappa shape index (κ3) is 4.57. The summed E-state index contributed by atoms with van der Waals surface area (Å²) in [7, 11) is 0. The minimum Gasteiger partial charge on any atom is -0.395 e. The molecule has 0 radical (unpaired) electrons. The number of nitrogen functional groups attached to an aromatic ring is 1. The highest BCUT2D eigenvalue weighted by molar-refractivity contribution is 6.37. The van der Waals surface area contributed by atoms with E-state index in [-0.39, 0.29) is 28.2 Å². The molecule has 1 aromatic heterocycles. The van der Waals surface area contributed by atoms with Crippen molar-refractivity contribution in [3.63, 3.8) is 0 Å². The molecule has 0 aromatic carbocycles. The number of hydrogen-bond donors (Lipinski definition) is 3. The molecule has 19 heavy (non-hydrogen) atoms. The molecule has 108 valence electrons. The Morgan fingerprint density at radius 3 is 2.47 bits per heavy atom. The first-order chi connectivity index (χ1) is 8.78. The standard InChI is InChI=1S/C9H11Cl2F3N4O/c10-5-3-6(11)8(16-7(5)17-15)18(1-2-19)4-9(12,13)14/h3,19H,1-2,4,15H2,(H,16,17). The van der Waals surface area contributed by atoms with Gasteiger partial charge in [-0.05, 0) is 6.07 Å². The molecule has 0 spiro atoms. The van der Waals surface area contributed by atoms with Gasteiger partial charge in [0, 0.05) is 6.54 Å². The number of halogens is 5. The van der Waals surface area contributed by atoms with Gasteiger partial charge in [0.25, 0.3) is 0 Å². The van der Waals surface area contributed by atoms with Gasteiger partial charge in [-0.3, -0.25) is 0 Å². The van der Waals surface area contributed by atoms with Gasteiger partial charge in [0.2, 0.25) is 0 Å². The van der Waals surface area contributed by atoms with Crippen LogP contribution in [0, 0.1) is 0 Å². The molecule has 0 aliphatic rings. The molecule has 1 aromatic rings. The Labute approximate surface area is 117 Å². The second-order valence-electron chi connectivity index (χ2n) is 3.53. The topological polar surface area (TPSA) is 74.4 Å². The molecule has 1 heterocycles. The van der Waals surface area contributed by atoms with Crippen LogP contribution >= 0.6 is 23.2 Å². The zero-order valence-corrected chi connectivity index (χ0v) is 11.0. The predicted molar refractivity (Wildman–Crippen MR) is 67.4 cm³/mol. The van der Waals surface area contributed by atoms with Crippen LogP contribution in [0.15, 0.2) is 6.07 Å². The van der Waals surface area contributed by atoms with Crippen LogP contribution in [0.3, 0.4) is 0 Å². The predicted octanol–water partition coefficient (Wildman–Crippen LogP) is 2.03. The largest absolute Gasteiger partial charge is 0.405 e. The molecule has 0 unspecified atom stereocenters. The van der Waals surface area contributed by atoms with Gasteiger partial charge >= 0.3 is 6.18 Å². The van der Waals surface area contributed by atoms with Gasteiger partial charge in [0.15, 0.2) is 5.82 Å². The second-order valence-corrected chi connectivity index (χ2v) is 4.34. The monoisotopic (exact) mass is 318 g/mol. The summed E-state index contributed by atoms with van der Waals surface area (Å²) < 4.78 is 37.3. The molecule has 0 aliphatic heterocycles. The highest BCUT2D eigenvalue weighted by Crippen LogP contribution is 2.32. The number of nitrogens with two attached hydrogens (primary N) is 1. The first-order valence-corrected chi connectivity index (χ1v) is 5.79. The summed E-state index contributed by atoms with van der Waals surface area (Å²) in [6.45, 7) is -2.06. The van der Waals surface area contributed by atoms with Crippen molar-refractivity contribution in [2.45, 2.75) is 6.18 Å². The van der Waals surface area contributed by atoms with Crippen LogP contribution in [-0.2, 0) is 0 Å². The molecule has 5 nitrogen and oxygen atoms in total. The molecule has 0 saturated heterocycles. The zero-order valence-electron chi connectivity index (χ0n) is 9.51. The van der Waals surface area contributed by atoms with E-state index in [0.717, 1.165) is 4.90 Å². The van der Waals surface area contributed by atoms with Gasteiger partial charge in [0.1, 0.15) is 12.4 Å². The number of aliphatic hydroxyl groups excluding tert-OH is 1. The van der Waals surface area contributed by atoms with Gasteiger partial charge in [-0.25, -0.2) is 10.8 Å². The van der Waals surface area contributed by atoms with Gasteiger partial charge in [-0.2, -0.15) is 13.2 Å². The van der Waals surface area contributed by atoms with E-state index in [1.54, 1.807) is 0 Å². The summed E-state index contributed by atoms with van der Waals surface area (Å²) in [5.74, 6) is 4.97. The van der Waals surface area contributed by atoms with Crippen LogP contribution in [0.2, 0.25) is 10.0 Å². The lowest BCUT2D eigenvalue weighted by molar-refractivity contribution is -0.119. The third-order valence-corrected chi connectivity index (χ3v) is 2.65. The molecule has 0 fully saturated rings. The smallest absolute Gasteiger partial charge is 0.395 e. The molecule has 0 bridgehead atoms. The average molecular weight is 319 g/mol. The number of anilines is 2. The molecule has 1 rings (SSSR count). The fraction of sp³-hybridized carbons (Fsp3) is 0.444. The summed E-state index contributed by atoms with van der Waals surface area (Å²) >= 11 is 11.5. The SMILES string of the molecule is NNc1nc(N(CCO)CC(F)(F)F)c(Cl)cc1Cl. The molecule has 0 atom stereocenters. The molecule has 10 heteroatoms. The molecule has 0 saturated carbocycles. The first kappa shape index (κ1) is 16.1. The number of aromatic nitrogens is 1. The van der Waals surface area contributed by atoms with Crippen LogP contribution in [0.5, 0.6) is 0 Å². The van der Waals surface area contributed by atoms with E-state index in [0.29, 0.717) is 0 Å². The number of aliphatic hydroxyl groups is 1. The fourth-order valence-electron chi connectivity index (χ4n) is 1.38. The van der Waals surface area contributed by atoms with Crippen molar-refractivity contribution >= 4 is 34.8 Å². The van der Waals surface area contributed by atoms with Crippen molar-refractivity contribution in [2.75, 3.05) is 30.0 Å². The normalized spacial score (nSPS) is 11.5. The highest BCUT2D eigenvalue weighted by atomic mass is 35.5. The van der Waals surface area contributed by atoms with Crippen molar-refractivity contribution in [2.24, 2.45) is 5.84 Å². The summed E-state index contributed by atoms with van der Waals surface area (Å²) in [5.41, 5.74) is 2.15. The van der Waals surface area contributed by atoms with Crippen LogP contribution in [0.4, 0.5) is 24.8 Å². The lowest BCUT2D eigenvalue weighted by atomic mass is 10.3. The molecule has 0 amide bonds. The Morgan fingerprint density at radius 1 is 1.37 bits per heavy atom. The lowest BCUT2D eigenvalue weighted by Crippen LogP contribution is -2.37. The average Bonchev–Trinajstić information content (AvgIpc) is 2.27. The van der Waals surface area contributed by atoms with Crippen LogP contribution in [0.25, 0.3) is 0 Å². The summed E-state index contributed by atoms with van der Waals surface area (Å²) in [4.78, 5) is 4.60. The van der Waals surface area contributed by atoms with E-state index >= 15 is 0 Å². The highest BCUT2D eigenvalue weighted by Gasteiger charge is 2.32. The van der Waals surface area contributed by atoms with E-state index < -0.39 is 19.3 Å². The number of alkyl halides is 3. The maximum Gasteiger partial charge on any atom is 0.405 e. The van der Waals surface area contributed by atoms with E-state index in [2.05, 4.69) is 10.4 Å². The van der Waals surface area contributed by atoms with Gasteiger partial charge in [-0.15, -0.1) is 0 Å². The number of hydrogen-bond acceptors (Lipinski definition) is 5.